The quantitative estimate of drug-likeness (QED) is 0.680. The highest BCUT2D eigenvalue weighted by Crippen LogP contribution is 2.32. The van der Waals surface area contributed by atoms with E-state index in [9.17, 15) is 4.79 Å². The van der Waals surface area contributed by atoms with Gasteiger partial charge < -0.3 is 19.7 Å². The van der Waals surface area contributed by atoms with Gasteiger partial charge in [-0.05, 0) is 43.1 Å². The lowest BCUT2D eigenvalue weighted by molar-refractivity contribution is -0.121. The lowest BCUT2D eigenvalue weighted by atomic mass is 10.0. The van der Waals surface area contributed by atoms with Crippen molar-refractivity contribution in [1.29, 1.82) is 0 Å². The average molecular weight is 410 g/mol. The van der Waals surface area contributed by atoms with Crippen LogP contribution in [0.4, 0.5) is 0 Å². The Bertz CT molecular complexity index is 843. The fourth-order valence-electron chi connectivity index (χ4n) is 4.17. The minimum absolute atomic E-state index is 0.102. The summed E-state index contributed by atoms with van der Waals surface area (Å²) in [5.74, 6) is 1.65. The van der Waals surface area contributed by atoms with Crippen LogP contribution in [0.2, 0.25) is 0 Å². The molecule has 30 heavy (non-hydrogen) atoms. The van der Waals surface area contributed by atoms with Crippen LogP contribution in [0, 0.1) is 0 Å². The highest BCUT2D eigenvalue weighted by atomic mass is 16.7. The summed E-state index contributed by atoms with van der Waals surface area (Å²) < 4.78 is 10.7. The van der Waals surface area contributed by atoms with Gasteiger partial charge >= 0.3 is 0 Å². The van der Waals surface area contributed by atoms with E-state index in [1.807, 2.05) is 18.2 Å². The number of ether oxygens (including phenoxy) is 2. The Morgan fingerprint density at radius 3 is 2.80 bits per heavy atom. The second-order valence-electron chi connectivity index (χ2n) is 8.12. The van der Waals surface area contributed by atoms with Gasteiger partial charge in [0.2, 0.25) is 12.7 Å². The molecule has 0 radical (unpaired) electrons. The lowest BCUT2D eigenvalue weighted by Gasteiger charge is -2.40. The molecule has 2 aromatic rings. The predicted molar refractivity (Wildman–Crippen MR) is 117 cm³/mol. The number of nitrogens with zero attached hydrogens (tertiary/aromatic N) is 2. The fourth-order valence-corrected chi connectivity index (χ4v) is 4.17. The second kappa shape index (κ2) is 9.96. The number of benzene rings is 2. The first-order valence-corrected chi connectivity index (χ1v) is 10.8. The molecule has 0 aliphatic carbocycles. The maximum Gasteiger partial charge on any atom is 0.231 e. The number of nitrogens with one attached hydrogen (secondary N) is 1. The monoisotopic (exact) mass is 409 g/mol. The maximum absolute atomic E-state index is 12.2. The van der Waals surface area contributed by atoms with Gasteiger partial charge in [0.1, 0.15) is 0 Å². The fraction of sp³-hybridized carbons (Fsp3) is 0.458. The molecular formula is C24H31N3O3. The summed E-state index contributed by atoms with van der Waals surface area (Å²) >= 11 is 0. The van der Waals surface area contributed by atoms with Crippen molar-refractivity contribution < 1.29 is 14.3 Å². The molecule has 0 bridgehead atoms. The molecular weight excluding hydrogens is 378 g/mol. The van der Waals surface area contributed by atoms with Gasteiger partial charge in [0.25, 0.3) is 0 Å². The van der Waals surface area contributed by atoms with Gasteiger partial charge in [-0.3, -0.25) is 9.69 Å². The Hall–Kier alpha value is -2.57. The number of rotatable bonds is 8. The van der Waals surface area contributed by atoms with Crippen LogP contribution in [-0.2, 0) is 11.2 Å². The molecule has 2 aliphatic heterocycles. The second-order valence-corrected chi connectivity index (χ2v) is 8.12. The molecule has 1 fully saturated rings. The highest BCUT2D eigenvalue weighted by Gasteiger charge is 2.25. The van der Waals surface area contributed by atoms with Gasteiger partial charge in [0.05, 0.1) is 0 Å². The van der Waals surface area contributed by atoms with Gasteiger partial charge in [0, 0.05) is 45.2 Å². The molecule has 6 nitrogen and oxygen atoms in total. The van der Waals surface area contributed by atoms with E-state index in [2.05, 4.69) is 52.5 Å². The molecule has 1 saturated heterocycles. The molecule has 0 saturated carbocycles. The largest absolute Gasteiger partial charge is 0.454 e. The highest BCUT2D eigenvalue weighted by molar-refractivity contribution is 5.76. The van der Waals surface area contributed by atoms with E-state index in [1.54, 1.807) is 0 Å². The lowest BCUT2D eigenvalue weighted by Crippen LogP contribution is -2.47. The number of amides is 1. The number of fused-ring (bicyclic) bond motifs is 1. The molecule has 4 rings (SSSR count). The van der Waals surface area contributed by atoms with Crippen molar-refractivity contribution in [2.75, 3.05) is 46.6 Å². The van der Waals surface area contributed by atoms with E-state index in [4.69, 9.17) is 9.47 Å². The number of hydrogen-bond acceptors (Lipinski definition) is 5. The summed E-state index contributed by atoms with van der Waals surface area (Å²) in [6, 6.07) is 17.0. The van der Waals surface area contributed by atoms with Crippen molar-refractivity contribution in [2.24, 2.45) is 0 Å². The van der Waals surface area contributed by atoms with Crippen molar-refractivity contribution in [1.82, 2.24) is 15.1 Å². The third-order valence-corrected chi connectivity index (χ3v) is 5.90. The van der Waals surface area contributed by atoms with Gasteiger partial charge in [-0.1, -0.05) is 36.4 Å². The molecule has 6 heteroatoms. The minimum atomic E-state index is 0.102. The number of hydrogen-bond donors (Lipinski definition) is 1. The summed E-state index contributed by atoms with van der Waals surface area (Å²) in [5.41, 5.74) is 2.47. The van der Waals surface area contributed by atoms with E-state index in [-0.39, 0.29) is 12.7 Å². The molecule has 160 valence electrons. The molecule has 1 atom stereocenters. The number of carbonyl (C=O) groups excluding carboxylic acids is 1. The zero-order chi connectivity index (χ0) is 20.8. The number of carbonyl (C=O) groups is 1. The van der Waals surface area contributed by atoms with Crippen LogP contribution in [0.25, 0.3) is 0 Å². The molecule has 2 aromatic carbocycles. The molecule has 2 aliphatic rings. The summed E-state index contributed by atoms with van der Waals surface area (Å²) in [6.45, 7) is 5.19. The maximum atomic E-state index is 12.2. The molecule has 1 amide bonds. The first-order chi connectivity index (χ1) is 14.7. The van der Waals surface area contributed by atoms with Crippen LogP contribution in [0.5, 0.6) is 11.5 Å². The Morgan fingerprint density at radius 2 is 1.93 bits per heavy atom. The van der Waals surface area contributed by atoms with Crippen LogP contribution in [0.1, 0.15) is 30.0 Å². The van der Waals surface area contributed by atoms with Gasteiger partial charge in [-0.2, -0.15) is 0 Å². The predicted octanol–water partition coefficient (Wildman–Crippen LogP) is 2.84. The summed E-state index contributed by atoms with van der Waals surface area (Å²) in [4.78, 5) is 17.2. The summed E-state index contributed by atoms with van der Waals surface area (Å²) in [6.07, 6.45) is 2.15. The van der Waals surface area contributed by atoms with E-state index in [0.717, 1.165) is 49.7 Å². The smallest absolute Gasteiger partial charge is 0.231 e. The van der Waals surface area contributed by atoms with Crippen LogP contribution in [-0.4, -0.2) is 62.3 Å². The van der Waals surface area contributed by atoms with Crippen LogP contribution in [0.15, 0.2) is 48.5 Å². The Kier molecular flexibility index (Phi) is 6.87. The van der Waals surface area contributed by atoms with Crippen LogP contribution in [0.3, 0.4) is 0 Å². The summed E-state index contributed by atoms with van der Waals surface area (Å²) in [7, 11) is 2.19. The van der Waals surface area contributed by atoms with Crippen LogP contribution < -0.4 is 14.8 Å². The number of likely N-dealkylation sites (N-methyl/N-ethyl adjacent to an activating group) is 1. The van der Waals surface area contributed by atoms with E-state index in [1.165, 1.54) is 5.56 Å². The van der Waals surface area contributed by atoms with Crippen LogP contribution >= 0.6 is 0 Å². The topological polar surface area (TPSA) is 54.0 Å². The van der Waals surface area contributed by atoms with E-state index >= 15 is 0 Å². The minimum Gasteiger partial charge on any atom is -0.454 e. The third-order valence-electron chi connectivity index (χ3n) is 5.90. The Labute approximate surface area is 178 Å². The van der Waals surface area contributed by atoms with Crippen molar-refractivity contribution in [2.45, 2.75) is 25.3 Å². The zero-order valence-electron chi connectivity index (χ0n) is 17.7. The van der Waals surface area contributed by atoms with Gasteiger partial charge in [-0.15, -0.1) is 0 Å². The van der Waals surface area contributed by atoms with E-state index in [0.29, 0.717) is 25.4 Å². The van der Waals surface area contributed by atoms with Crippen molar-refractivity contribution >= 4 is 5.91 Å². The molecule has 0 aromatic heterocycles. The van der Waals surface area contributed by atoms with Gasteiger partial charge in [0.15, 0.2) is 11.5 Å². The molecule has 1 unspecified atom stereocenters. The first-order valence-electron chi connectivity index (χ1n) is 10.8. The van der Waals surface area contributed by atoms with E-state index < -0.39 is 0 Å². The summed E-state index contributed by atoms with van der Waals surface area (Å²) in [5, 5.41) is 3.08. The first kappa shape index (κ1) is 20.7. The number of aryl methyl sites for hydroxylation is 1. The van der Waals surface area contributed by atoms with Crippen molar-refractivity contribution in [3.05, 3.63) is 59.7 Å². The average Bonchev–Trinajstić information content (AvgIpc) is 3.24. The third kappa shape index (κ3) is 5.32. The molecule has 1 N–H and O–H groups in total. The van der Waals surface area contributed by atoms with Crippen molar-refractivity contribution in [3.63, 3.8) is 0 Å². The Balaban J connectivity index is 1.19. The number of piperazine rings is 1. The van der Waals surface area contributed by atoms with Gasteiger partial charge in [-0.25, -0.2) is 0 Å². The normalized spacial score (nSPS) is 19.0. The zero-order valence-corrected chi connectivity index (χ0v) is 17.7. The van der Waals surface area contributed by atoms with Crippen molar-refractivity contribution in [3.8, 4) is 11.5 Å². The SMILES string of the molecule is CN1CCN(CCCNC(=O)CCc2ccc3c(c2)OCO3)C(c2ccccc2)C1. The molecule has 2 heterocycles. The molecule has 0 spiro atoms. The standard InChI is InChI=1S/C24H31N3O3/c1-26-14-15-27(21(17-26)20-6-3-2-4-7-20)13-5-12-25-24(28)11-9-19-8-10-22-23(16-19)30-18-29-22/h2-4,6-8,10,16,21H,5,9,11-15,17-18H2,1H3,(H,25,28). The Morgan fingerprint density at radius 1 is 1.10 bits per heavy atom.